The normalized spacial score (nSPS) is 40.5. The maximum atomic E-state index is 12.6. The Morgan fingerprint density at radius 3 is 2.22 bits per heavy atom. The number of hydrogen-bond donors (Lipinski definition) is 0. The van der Waals surface area contributed by atoms with Gasteiger partial charge >= 0.3 is 0 Å². The monoisotopic (exact) mass is 475 g/mol. The Morgan fingerprint density at radius 2 is 1.67 bits per heavy atom. The third-order valence-corrected chi connectivity index (χ3v) is 6.91. The van der Waals surface area contributed by atoms with E-state index >= 15 is 0 Å². The Balaban J connectivity index is 0.00000364. The number of rotatable bonds is 8. The first-order valence-electron chi connectivity index (χ1n) is 10.0. The van der Waals surface area contributed by atoms with Crippen LogP contribution in [0.3, 0.4) is 0 Å². The maximum absolute atomic E-state index is 12.6. The Bertz CT molecular complexity index is 481. The molecular weight excluding hydrogens is 439 g/mol. The molecule has 0 aromatic heterocycles. The molecule has 2 aliphatic heterocycles. The molecule has 0 aromatic rings. The van der Waals surface area contributed by atoms with Crippen molar-refractivity contribution in [3.05, 3.63) is 0 Å². The van der Waals surface area contributed by atoms with Gasteiger partial charge in [0.25, 0.3) is 0 Å². The largest absolute Gasteiger partial charge is 0.381 e. The predicted molar refractivity (Wildman–Crippen MR) is 105 cm³/mol. The first-order chi connectivity index (χ1) is 12.1. The molecule has 0 amide bonds. The molecule has 2 aliphatic rings. The molecule has 0 aromatic carbocycles. The molecule has 153 valence electrons. The van der Waals surface area contributed by atoms with Gasteiger partial charge in [0.1, 0.15) is 7.85 Å². The predicted octanol–water partition coefficient (Wildman–Crippen LogP) is 3.64. The summed E-state index contributed by atoms with van der Waals surface area (Å²) in [6.07, 6.45) is 1.19. The van der Waals surface area contributed by atoms with Crippen molar-refractivity contribution >= 4 is 15.9 Å². The van der Waals surface area contributed by atoms with Crippen molar-refractivity contribution in [2.24, 2.45) is 17.8 Å². The zero-order valence-corrected chi connectivity index (χ0v) is 21.7. The summed E-state index contributed by atoms with van der Waals surface area (Å²) in [6.45, 7) is 14.5. The van der Waals surface area contributed by atoms with Gasteiger partial charge in [0.05, 0.1) is 36.6 Å². The summed E-state index contributed by atoms with van der Waals surface area (Å²) < 4.78 is 36.5. The van der Waals surface area contributed by atoms with Crippen LogP contribution in [-0.2, 0) is 56.0 Å². The van der Waals surface area contributed by atoms with Crippen molar-refractivity contribution in [3.8, 4) is 0 Å². The number of hydrogen-bond acceptors (Lipinski definition) is 5. The van der Waals surface area contributed by atoms with Gasteiger partial charge in [0.2, 0.25) is 0 Å². The average Bonchev–Trinajstić information content (AvgIpc) is 2.97. The zero-order chi connectivity index (χ0) is 19.6. The molecule has 3 radical (unpaired) electrons. The summed E-state index contributed by atoms with van der Waals surface area (Å²) in [6, 6.07) is -0.356. The Labute approximate surface area is 192 Å². The zero-order valence-electron chi connectivity index (χ0n) is 17.9. The minimum Gasteiger partial charge on any atom is -0.381 e. The van der Waals surface area contributed by atoms with E-state index in [1.165, 1.54) is 0 Å². The fourth-order valence-corrected chi connectivity index (χ4v) is 5.18. The van der Waals surface area contributed by atoms with Gasteiger partial charge in [-0.15, -0.1) is 0 Å². The molecule has 2 saturated heterocycles. The molecule has 27 heavy (non-hydrogen) atoms. The van der Waals surface area contributed by atoms with Gasteiger partial charge in [-0.1, -0.05) is 27.7 Å². The first-order valence-corrected chi connectivity index (χ1v) is 11.6. The molecule has 2 rings (SSSR count). The second kappa shape index (κ2) is 11.6. The van der Waals surface area contributed by atoms with E-state index in [-0.39, 0.29) is 87.2 Å². The van der Waals surface area contributed by atoms with Crippen molar-refractivity contribution in [3.63, 3.8) is 0 Å². The van der Waals surface area contributed by atoms with Crippen molar-refractivity contribution < 1.29 is 56.0 Å². The van der Waals surface area contributed by atoms with Crippen molar-refractivity contribution in [1.29, 1.82) is 0 Å². The molecule has 5 nitrogen and oxygen atoms in total. The standard InChI is InChI=1S/C19H36BO5P.Y/c1-10(2)16-18(13(6)19(20)24-16)25-26(21)9-8-15-17(22-11(3)4)12(5)14(7)23-15;/h10-19,26H,8-9H2,1-7H3;/t12?,13?,14-,15+,16+,17+,18+,19+;/m0./s1. The van der Waals surface area contributed by atoms with Crippen LogP contribution in [-0.4, -0.2) is 56.6 Å². The topological polar surface area (TPSA) is 54.0 Å². The van der Waals surface area contributed by atoms with E-state index in [1.807, 2.05) is 20.8 Å². The molecule has 2 heterocycles. The summed E-state index contributed by atoms with van der Waals surface area (Å²) in [5.41, 5.74) is 0. The van der Waals surface area contributed by atoms with Gasteiger partial charge in [0, 0.05) is 56.7 Å². The quantitative estimate of drug-likeness (QED) is 0.397. The Morgan fingerprint density at radius 1 is 1.04 bits per heavy atom. The summed E-state index contributed by atoms with van der Waals surface area (Å²) in [5, 5.41) is 0. The second-order valence-electron chi connectivity index (χ2n) is 8.55. The second-order valence-corrected chi connectivity index (χ2v) is 10.0. The van der Waals surface area contributed by atoms with E-state index in [4.69, 9.17) is 26.6 Å². The molecule has 0 aliphatic carbocycles. The fraction of sp³-hybridized carbons (Fsp3) is 1.00. The molecule has 0 saturated carbocycles. The van der Waals surface area contributed by atoms with Crippen LogP contribution in [0, 0.1) is 17.8 Å². The minimum atomic E-state index is -2.19. The van der Waals surface area contributed by atoms with Gasteiger partial charge in [0.15, 0.2) is 8.03 Å². The summed E-state index contributed by atoms with van der Waals surface area (Å²) in [7, 11) is 3.82. The Hall–Kier alpha value is 1.24. The van der Waals surface area contributed by atoms with E-state index in [2.05, 4.69) is 27.7 Å². The smallest absolute Gasteiger partial charge is 0.192 e. The summed E-state index contributed by atoms with van der Waals surface area (Å²) >= 11 is 0. The molecular formula is C19H36BO5PY. The van der Waals surface area contributed by atoms with E-state index in [1.54, 1.807) is 0 Å². The van der Waals surface area contributed by atoms with Crippen LogP contribution in [0.4, 0.5) is 0 Å². The molecule has 0 spiro atoms. The van der Waals surface area contributed by atoms with Gasteiger partial charge < -0.3 is 18.7 Å². The minimum absolute atomic E-state index is 0. The van der Waals surface area contributed by atoms with Crippen LogP contribution >= 0.6 is 8.03 Å². The third-order valence-electron chi connectivity index (χ3n) is 5.68. The SMILES string of the molecule is [B][C@@H]1O[C@H](C(C)C)[C@H](O[PH](=O)CC[C@H]2O[C@@H](C)C(C)[C@H]2OC(C)C)C1C.[Y]. The summed E-state index contributed by atoms with van der Waals surface area (Å²) in [4.78, 5) is 0. The molecule has 0 bridgehead atoms. The van der Waals surface area contributed by atoms with Crippen LogP contribution in [0.25, 0.3) is 0 Å². The molecule has 2 fully saturated rings. The van der Waals surface area contributed by atoms with Gasteiger partial charge in [-0.2, -0.15) is 0 Å². The number of ether oxygens (including phenoxy) is 3. The summed E-state index contributed by atoms with van der Waals surface area (Å²) in [5.74, 6) is 0.642. The molecule has 9 atom stereocenters. The fourth-order valence-electron chi connectivity index (χ4n) is 3.89. The third kappa shape index (κ3) is 6.87. The molecule has 3 unspecified atom stereocenters. The van der Waals surface area contributed by atoms with Crippen LogP contribution < -0.4 is 0 Å². The van der Waals surface area contributed by atoms with Crippen LogP contribution in [0.2, 0.25) is 0 Å². The van der Waals surface area contributed by atoms with Crippen LogP contribution in [0.1, 0.15) is 54.9 Å². The van der Waals surface area contributed by atoms with Crippen molar-refractivity contribution in [2.75, 3.05) is 6.16 Å². The Kier molecular flexibility index (Phi) is 11.3. The van der Waals surface area contributed by atoms with Crippen LogP contribution in [0.5, 0.6) is 0 Å². The van der Waals surface area contributed by atoms with E-state index in [0.717, 1.165) is 0 Å². The van der Waals surface area contributed by atoms with E-state index < -0.39 is 8.03 Å². The van der Waals surface area contributed by atoms with E-state index in [9.17, 15) is 4.57 Å². The van der Waals surface area contributed by atoms with Gasteiger partial charge in [-0.05, 0) is 33.1 Å². The van der Waals surface area contributed by atoms with Gasteiger partial charge in [-0.3, -0.25) is 4.57 Å². The molecule has 0 N–H and O–H groups in total. The van der Waals surface area contributed by atoms with E-state index in [0.29, 0.717) is 18.5 Å². The van der Waals surface area contributed by atoms with Crippen molar-refractivity contribution in [2.45, 2.75) is 97.5 Å². The van der Waals surface area contributed by atoms with Crippen LogP contribution in [0.15, 0.2) is 0 Å². The average molecular weight is 475 g/mol. The first kappa shape index (κ1) is 26.3. The van der Waals surface area contributed by atoms with Gasteiger partial charge in [-0.25, -0.2) is 0 Å². The van der Waals surface area contributed by atoms with Crippen molar-refractivity contribution in [1.82, 2.24) is 0 Å². The molecule has 8 heteroatoms. The maximum Gasteiger partial charge on any atom is 0.192 e.